The number of nitrogens with one attached hydrogen (secondary N) is 1. The van der Waals surface area contributed by atoms with Gasteiger partial charge in [0.15, 0.2) is 11.5 Å². The van der Waals surface area contributed by atoms with Crippen LogP contribution in [-0.4, -0.2) is 62.1 Å². The lowest BCUT2D eigenvalue weighted by molar-refractivity contribution is 0.243. The van der Waals surface area contributed by atoms with E-state index in [0.717, 1.165) is 18.5 Å². The predicted octanol–water partition coefficient (Wildman–Crippen LogP) is 2.89. The third-order valence-corrected chi connectivity index (χ3v) is 5.63. The number of rotatable bonds is 12. The number of aliphatic hydroxyl groups is 1. The van der Waals surface area contributed by atoms with Gasteiger partial charge in [-0.15, -0.1) is 11.8 Å². The minimum Gasteiger partial charge on any atom is -0.493 e. The summed E-state index contributed by atoms with van der Waals surface area (Å²) in [5.41, 5.74) is 1.02. The van der Waals surface area contributed by atoms with Gasteiger partial charge in [-0.25, -0.2) is 0 Å². The highest BCUT2D eigenvalue weighted by Crippen LogP contribution is 2.29. The number of benzene rings is 1. The third kappa shape index (κ3) is 6.70. The topological polar surface area (TPSA) is 54.0 Å². The Morgan fingerprint density at radius 1 is 1.16 bits per heavy atom. The molecule has 1 atom stereocenters. The van der Waals surface area contributed by atoms with Gasteiger partial charge in [-0.3, -0.25) is 4.90 Å². The highest BCUT2D eigenvalue weighted by molar-refractivity contribution is 7.99. The average Bonchev–Trinajstić information content (AvgIpc) is 3.17. The van der Waals surface area contributed by atoms with Crippen LogP contribution < -0.4 is 14.8 Å². The van der Waals surface area contributed by atoms with Crippen molar-refractivity contribution in [2.75, 3.05) is 52.1 Å². The molecule has 1 aliphatic rings. The molecule has 1 saturated heterocycles. The van der Waals surface area contributed by atoms with Crippen LogP contribution in [0.2, 0.25) is 0 Å². The molecule has 1 heterocycles. The van der Waals surface area contributed by atoms with Crippen LogP contribution in [-0.2, 0) is 0 Å². The summed E-state index contributed by atoms with van der Waals surface area (Å²) in [6, 6.07) is 5.72. The Kier molecular flexibility index (Phi) is 9.47. The Bertz CT molecular complexity index is 496. The van der Waals surface area contributed by atoms with Crippen LogP contribution in [0.5, 0.6) is 11.5 Å². The lowest BCUT2D eigenvalue weighted by Crippen LogP contribution is -2.25. The zero-order chi connectivity index (χ0) is 17.9. The van der Waals surface area contributed by atoms with Crippen LogP contribution in [0, 0.1) is 0 Å². The molecule has 1 aliphatic heterocycles. The molecule has 1 unspecified atom stereocenters. The van der Waals surface area contributed by atoms with Crippen LogP contribution in [0.1, 0.15) is 37.3 Å². The van der Waals surface area contributed by atoms with Crippen LogP contribution >= 0.6 is 11.8 Å². The van der Waals surface area contributed by atoms with E-state index in [9.17, 15) is 5.11 Å². The molecular formula is C19H32N2O3S. The SMILES string of the molecule is COc1ccc(C(CO)NCCCCCCN2CCSC2)cc1OC. The predicted molar refractivity (Wildman–Crippen MR) is 105 cm³/mol. The maximum atomic E-state index is 9.69. The fourth-order valence-electron chi connectivity index (χ4n) is 3.08. The molecule has 0 saturated carbocycles. The maximum absolute atomic E-state index is 9.69. The van der Waals surface area contributed by atoms with Crippen molar-refractivity contribution in [2.24, 2.45) is 0 Å². The van der Waals surface area contributed by atoms with E-state index < -0.39 is 0 Å². The van der Waals surface area contributed by atoms with Gasteiger partial charge in [-0.2, -0.15) is 0 Å². The zero-order valence-corrected chi connectivity index (χ0v) is 16.3. The van der Waals surface area contributed by atoms with Crippen molar-refractivity contribution in [3.8, 4) is 11.5 Å². The van der Waals surface area contributed by atoms with Crippen molar-refractivity contribution in [1.82, 2.24) is 10.2 Å². The second-order valence-corrected chi connectivity index (χ2v) is 7.45. The number of unbranched alkanes of at least 4 members (excludes halogenated alkanes) is 3. The fraction of sp³-hybridized carbons (Fsp3) is 0.684. The van der Waals surface area contributed by atoms with E-state index >= 15 is 0 Å². The molecule has 6 heteroatoms. The Hall–Kier alpha value is -0.950. The van der Waals surface area contributed by atoms with E-state index in [1.165, 1.54) is 44.0 Å². The molecule has 0 amide bonds. The maximum Gasteiger partial charge on any atom is 0.161 e. The summed E-state index contributed by atoms with van der Waals surface area (Å²) >= 11 is 2.04. The van der Waals surface area contributed by atoms with E-state index in [-0.39, 0.29) is 12.6 Å². The summed E-state index contributed by atoms with van der Waals surface area (Å²) in [6.45, 7) is 3.49. The van der Waals surface area contributed by atoms with E-state index in [1.807, 2.05) is 30.0 Å². The highest BCUT2D eigenvalue weighted by Gasteiger charge is 2.13. The summed E-state index contributed by atoms with van der Waals surface area (Å²) in [4.78, 5) is 2.54. The molecule has 1 fully saturated rings. The molecule has 0 aromatic heterocycles. The van der Waals surface area contributed by atoms with Gasteiger partial charge >= 0.3 is 0 Å². The van der Waals surface area contributed by atoms with Gasteiger partial charge in [0.25, 0.3) is 0 Å². The summed E-state index contributed by atoms with van der Waals surface area (Å²) in [5.74, 6) is 3.91. The molecule has 1 aromatic rings. The Labute approximate surface area is 156 Å². The second kappa shape index (κ2) is 11.6. The minimum absolute atomic E-state index is 0.0681. The fourth-order valence-corrected chi connectivity index (χ4v) is 4.11. The summed E-state index contributed by atoms with van der Waals surface area (Å²) in [6.07, 6.45) is 4.94. The molecular weight excluding hydrogens is 336 g/mol. The molecule has 2 rings (SSSR count). The highest BCUT2D eigenvalue weighted by atomic mass is 32.2. The lowest BCUT2D eigenvalue weighted by Gasteiger charge is -2.18. The number of hydrogen-bond acceptors (Lipinski definition) is 6. The van der Waals surface area contributed by atoms with Gasteiger partial charge in [-0.1, -0.05) is 18.9 Å². The number of hydrogen-bond donors (Lipinski definition) is 2. The summed E-state index contributed by atoms with van der Waals surface area (Å²) < 4.78 is 10.6. The van der Waals surface area contributed by atoms with Gasteiger partial charge < -0.3 is 19.9 Å². The summed E-state index contributed by atoms with van der Waals surface area (Å²) in [7, 11) is 3.26. The van der Waals surface area contributed by atoms with Crippen LogP contribution in [0.25, 0.3) is 0 Å². The molecule has 25 heavy (non-hydrogen) atoms. The summed E-state index contributed by atoms with van der Waals surface area (Å²) in [5, 5.41) is 13.1. The molecule has 0 radical (unpaired) electrons. The number of aliphatic hydroxyl groups excluding tert-OH is 1. The first kappa shape index (κ1) is 20.4. The van der Waals surface area contributed by atoms with Crippen molar-refractivity contribution in [1.29, 1.82) is 0 Å². The van der Waals surface area contributed by atoms with E-state index in [0.29, 0.717) is 11.5 Å². The van der Waals surface area contributed by atoms with Crippen molar-refractivity contribution in [3.05, 3.63) is 23.8 Å². The molecule has 0 aliphatic carbocycles. The van der Waals surface area contributed by atoms with Gasteiger partial charge in [0, 0.05) is 18.2 Å². The molecule has 2 N–H and O–H groups in total. The molecule has 0 bridgehead atoms. The first-order valence-electron chi connectivity index (χ1n) is 9.14. The standard InChI is InChI=1S/C19H32N2O3S/c1-23-18-8-7-16(13-19(18)24-2)17(14-22)20-9-5-3-4-6-10-21-11-12-25-15-21/h7-8,13,17,20,22H,3-6,9-12,14-15H2,1-2H3. The quantitative estimate of drug-likeness (QED) is 0.553. The van der Waals surface area contributed by atoms with E-state index in [2.05, 4.69) is 10.2 Å². The van der Waals surface area contributed by atoms with Gasteiger partial charge in [0.1, 0.15) is 0 Å². The van der Waals surface area contributed by atoms with Crippen molar-refractivity contribution in [3.63, 3.8) is 0 Å². The van der Waals surface area contributed by atoms with Crippen LogP contribution in [0.3, 0.4) is 0 Å². The number of methoxy groups -OCH3 is 2. The number of ether oxygens (including phenoxy) is 2. The normalized spacial score (nSPS) is 16.1. The second-order valence-electron chi connectivity index (χ2n) is 6.37. The van der Waals surface area contributed by atoms with Gasteiger partial charge in [-0.05, 0) is 43.6 Å². The lowest BCUT2D eigenvalue weighted by atomic mass is 10.1. The van der Waals surface area contributed by atoms with Crippen molar-refractivity contribution < 1.29 is 14.6 Å². The van der Waals surface area contributed by atoms with Crippen molar-refractivity contribution >= 4 is 11.8 Å². The number of thioether (sulfide) groups is 1. The minimum atomic E-state index is -0.0681. The monoisotopic (exact) mass is 368 g/mol. The molecule has 5 nitrogen and oxygen atoms in total. The molecule has 1 aromatic carbocycles. The Morgan fingerprint density at radius 3 is 2.64 bits per heavy atom. The Balaban J connectivity index is 1.65. The number of nitrogens with zero attached hydrogens (tertiary/aromatic N) is 1. The zero-order valence-electron chi connectivity index (χ0n) is 15.5. The average molecular weight is 369 g/mol. The van der Waals surface area contributed by atoms with E-state index in [4.69, 9.17) is 9.47 Å². The Morgan fingerprint density at radius 2 is 1.96 bits per heavy atom. The first-order chi connectivity index (χ1) is 12.3. The largest absolute Gasteiger partial charge is 0.493 e. The smallest absolute Gasteiger partial charge is 0.161 e. The van der Waals surface area contributed by atoms with Crippen LogP contribution in [0.15, 0.2) is 18.2 Å². The van der Waals surface area contributed by atoms with Gasteiger partial charge in [0.2, 0.25) is 0 Å². The van der Waals surface area contributed by atoms with E-state index in [1.54, 1.807) is 14.2 Å². The first-order valence-corrected chi connectivity index (χ1v) is 10.3. The van der Waals surface area contributed by atoms with Gasteiger partial charge in [0.05, 0.1) is 26.9 Å². The molecule has 0 spiro atoms. The third-order valence-electron chi connectivity index (χ3n) is 4.61. The van der Waals surface area contributed by atoms with Crippen LogP contribution in [0.4, 0.5) is 0 Å². The van der Waals surface area contributed by atoms with Crippen molar-refractivity contribution in [2.45, 2.75) is 31.7 Å². The molecule has 142 valence electrons.